The Morgan fingerprint density at radius 2 is 1.62 bits per heavy atom. The lowest BCUT2D eigenvalue weighted by atomic mass is 9.78. The van der Waals surface area contributed by atoms with Crippen molar-refractivity contribution in [3.63, 3.8) is 0 Å². The number of hydrogen-bond acceptors (Lipinski definition) is 11. The SMILES string of the molecule is COc1cc(=O)c2c(=O)c3c(c(=O)c=2c1=O)=C(O)[C@]1(CCc2c1c(O)c1c(=O)[nH]c(C=NNC(=O)Nc4ccccc4)cc1c2Cl)C=3O. The zero-order chi connectivity index (χ0) is 34.2. The van der Waals surface area contributed by atoms with Gasteiger partial charge in [0.2, 0.25) is 16.3 Å². The molecule has 1 heterocycles. The van der Waals surface area contributed by atoms with E-state index in [-0.39, 0.29) is 45.5 Å². The van der Waals surface area contributed by atoms with Crippen LogP contribution >= 0.6 is 11.6 Å². The largest absolute Gasteiger partial charge is 0.510 e. The van der Waals surface area contributed by atoms with Crippen LogP contribution in [0.2, 0.25) is 5.02 Å². The first kappa shape index (κ1) is 30.4. The lowest BCUT2D eigenvalue weighted by molar-refractivity contribution is 0.252. The third-order valence-electron chi connectivity index (χ3n) is 8.78. The number of fused-ring (bicyclic) bond motifs is 4. The molecular weight excluding hydrogens is 648 g/mol. The maximum Gasteiger partial charge on any atom is 0.339 e. The van der Waals surface area contributed by atoms with Crippen LogP contribution in [-0.4, -0.2) is 39.7 Å². The van der Waals surface area contributed by atoms with Gasteiger partial charge >= 0.3 is 6.03 Å². The summed E-state index contributed by atoms with van der Waals surface area (Å²) in [6.45, 7) is 0. The number of hydrogen-bond donors (Lipinski definition) is 6. The topological polar surface area (TPSA) is 225 Å². The number of carbonyl (C=O) groups excluding carboxylic acids is 1. The molecule has 7 rings (SSSR count). The number of amides is 2. The Morgan fingerprint density at radius 3 is 2.29 bits per heavy atom. The number of urea groups is 1. The molecule has 0 radical (unpaired) electrons. The number of rotatable bonds is 4. The fourth-order valence-corrected chi connectivity index (χ4v) is 7.06. The van der Waals surface area contributed by atoms with Gasteiger partial charge in [-0.15, -0.1) is 0 Å². The van der Waals surface area contributed by atoms with Gasteiger partial charge in [0.15, 0.2) is 11.2 Å². The van der Waals surface area contributed by atoms with Crippen molar-refractivity contribution in [2.75, 3.05) is 12.4 Å². The summed E-state index contributed by atoms with van der Waals surface area (Å²) < 4.78 is 4.89. The molecular formula is C33H21ClN4O10. The summed E-state index contributed by atoms with van der Waals surface area (Å²) >= 11 is 6.78. The van der Waals surface area contributed by atoms with E-state index >= 15 is 0 Å². The number of aliphatic hydroxyl groups is 2. The van der Waals surface area contributed by atoms with Gasteiger partial charge in [0, 0.05) is 22.7 Å². The normalized spacial score (nSPS) is 16.6. The Balaban J connectivity index is 1.39. The van der Waals surface area contributed by atoms with Gasteiger partial charge in [-0.25, -0.2) is 10.2 Å². The quantitative estimate of drug-likeness (QED) is 0.114. The molecule has 1 spiro atoms. The van der Waals surface area contributed by atoms with E-state index in [2.05, 4.69) is 20.8 Å². The number of para-hydroxylation sites is 1. The van der Waals surface area contributed by atoms with E-state index in [1.54, 1.807) is 30.3 Å². The van der Waals surface area contributed by atoms with Gasteiger partial charge in [-0.1, -0.05) is 29.8 Å². The number of aromatic amines is 1. The molecule has 1 atom stereocenters. The molecule has 48 heavy (non-hydrogen) atoms. The van der Waals surface area contributed by atoms with E-state index in [4.69, 9.17) is 16.3 Å². The second-order valence-corrected chi connectivity index (χ2v) is 11.6. The third kappa shape index (κ3) is 4.02. The molecule has 0 aliphatic heterocycles. The van der Waals surface area contributed by atoms with Gasteiger partial charge < -0.3 is 30.4 Å². The molecule has 2 aromatic carbocycles. The molecule has 15 heteroatoms. The number of hydrazone groups is 1. The maximum atomic E-state index is 13.7. The molecule has 6 N–H and O–H groups in total. The first-order chi connectivity index (χ1) is 22.9. The van der Waals surface area contributed by atoms with Gasteiger partial charge in [-0.2, -0.15) is 5.10 Å². The number of phenols is 1. The second-order valence-electron chi connectivity index (χ2n) is 11.2. The molecule has 2 amide bonds. The molecule has 0 fully saturated rings. The van der Waals surface area contributed by atoms with E-state index in [9.17, 15) is 44.1 Å². The summed E-state index contributed by atoms with van der Waals surface area (Å²) in [5.74, 6) is -2.87. The maximum absolute atomic E-state index is 13.7. The number of pyridine rings is 1. The minimum Gasteiger partial charge on any atom is -0.510 e. The lowest BCUT2D eigenvalue weighted by Gasteiger charge is -2.27. The van der Waals surface area contributed by atoms with Gasteiger partial charge in [-0.05, 0) is 36.6 Å². The predicted octanol–water partition coefficient (Wildman–Crippen LogP) is 0.323. The fraction of sp³-hybridized carbons (Fsp3) is 0.121. The van der Waals surface area contributed by atoms with Crippen LogP contribution in [0.3, 0.4) is 0 Å². The highest BCUT2D eigenvalue weighted by atomic mass is 35.5. The van der Waals surface area contributed by atoms with Crippen molar-refractivity contribution >= 4 is 51.8 Å². The highest BCUT2D eigenvalue weighted by Crippen LogP contribution is 2.56. The Morgan fingerprint density at radius 1 is 0.958 bits per heavy atom. The van der Waals surface area contributed by atoms with Crippen LogP contribution in [0.4, 0.5) is 10.5 Å². The number of aromatic nitrogens is 1. The molecule has 0 bridgehead atoms. The van der Waals surface area contributed by atoms with E-state index < -0.39 is 82.6 Å². The molecule has 3 aromatic rings. The minimum atomic E-state index is -2.10. The average Bonchev–Trinajstić information content (AvgIpc) is 3.57. The Bertz CT molecular complexity index is 2790. The highest BCUT2D eigenvalue weighted by Gasteiger charge is 2.53. The average molecular weight is 669 g/mol. The summed E-state index contributed by atoms with van der Waals surface area (Å²) in [7, 11) is 1.10. The summed E-state index contributed by atoms with van der Waals surface area (Å²) in [5.41, 5.74) is -4.52. The second kappa shape index (κ2) is 10.6. The summed E-state index contributed by atoms with van der Waals surface area (Å²) in [6.07, 6.45) is 0.921. The number of nitrogens with zero attached hydrogens (tertiary/aromatic N) is 1. The van der Waals surface area contributed by atoms with Crippen LogP contribution in [0.15, 0.2) is 71.5 Å². The molecule has 4 aliphatic carbocycles. The number of benzene rings is 2. The van der Waals surface area contributed by atoms with Gasteiger partial charge in [0.05, 0.1) is 50.3 Å². The number of aromatic hydroxyl groups is 1. The van der Waals surface area contributed by atoms with Crippen LogP contribution in [0, 0.1) is 10.4 Å². The van der Waals surface area contributed by atoms with Crippen molar-refractivity contribution in [2.24, 2.45) is 5.10 Å². The number of anilines is 1. The number of aliphatic hydroxyl groups excluding tert-OH is 2. The van der Waals surface area contributed by atoms with Crippen molar-refractivity contribution < 1.29 is 24.9 Å². The van der Waals surface area contributed by atoms with E-state index in [1.807, 2.05) is 0 Å². The first-order valence-corrected chi connectivity index (χ1v) is 14.6. The predicted molar refractivity (Wildman–Crippen MR) is 175 cm³/mol. The summed E-state index contributed by atoms with van der Waals surface area (Å²) in [6, 6.07) is 10.1. The number of phenolic OH excluding ortho intramolecular Hbond substituents is 1. The van der Waals surface area contributed by atoms with Gasteiger partial charge in [0.25, 0.3) is 5.56 Å². The smallest absolute Gasteiger partial charge is 0.339 e. The van der Waals surface area contributed by atoms with Crippen LogP contribution < -0.4 is 53.2 Å². The fourth-order valence-electron chi connectivity index (χ4n) is 6.72. The Labute approximate surface area is 270 Å². The van der Waals surface area contributed by atoms with Crippen molar-refractivity contribution in [1.29, 1.82) is 0 Å². The standard InChI is InChI=1S/C33H21ClN4O10/c1-48-17-10-16(39)19-20(25(17)40)27(42)22-21(26(19)41)29(44)33(30(22)45)8-7-14-23(33)28(43)18-15(24(14)34)9-13(36-31(18)46)11-35-38-32(47)37-12-5-3-2-4-6-12/h2-6,9-11,43-45H,7-8H2,1H3,(H,36,46)(H2,37,38,47)/t33-/m0/s1. The molecule has 1 aromatic heterocycles. The van der Waals surface area contributed by atoms with E-state index in [0.29, 0.717) is 5.69 Å². The minimum absolute atomic E-state index is 0.00740. The number of halogens is 1. The van der Waals surface area contributed by atoms with Crippen molar-refractivity contribution in [3.8, 4) is 11.5 Å². The van der Waals surface area contributed by atoms with Crippen LogP contribution in [0.25, 0.3) is 22.3 Å². The number of nitrogens with one attached hydrogen (secondary N) is 3. The molecule has 0 saturated heterocycles. The highest BCUT2D eigenvalue weighted by molar-refractivity contribution is 6.37. The monoisotopic (exact) mass is 668 g/mol. The van der Waals surface area contributed by atoms with Crippen molar-refractivity contribution in [1.82, 2.24) is 10.4 Å². The summed E-state index contributed by atoms with van der Waals surface area (Å²) in [4.78, 5) is 81.1. The number of methoxy groups -OCH3 is 1. The van der Waals surface area contributed by atoms with Crippen LogP contribution in [0.5, 0.6) is 11.5 Å². The zero-order valence-electron chi connectivity index (χ0n) is 24.6. The molecule has 0 unspecified atom stereocenters. The molecule has 0 saturated carbocycles. The zero-order valence-corrected chi connectivity index (χ0v) is 25.3. The molecule has 4 aliphatic rings. The van der Waals surface area contributed by atoms with E-state index in [1.165, 1.54) is 6.07 Å². The van der Waals surface area contributed by atoms with Crippen LogP contribution in [0.1, 0.15) is 23.2 Å². The molecule has 240 valence electrons. The van der Waals surface area contributed by atoms with Crippen LogP contribution in [-0.2, 0) is 11.8 Å². The van der Waals surface area contributed by atoms with Gasteiger partial charge in [0.1, 0.15) is 22.7 Å². The Kier molecular flexibility index (Phi) is 6.73. The number of carbonyl (C=O) groups is 1. The number of H-pyrrole nitrogens is 1. The first-order valence-electron chi connectivity index (χ1n) is 14.2. The third-order valence-corrected chi connectivity index (χ3v) is 9.21. The van der Waals surface area contributed by atoms with Crippen molar-refractivity contribution in [3.05, 3.63) is 136 Å². The van der Waals surface area contributed by atoms with Gasteiger partial charge in [-0.3, -0.25) is 24.0 Å². The van der Waals surface area contributed by atoms with E-state index in [0.717, 1.165) is 19.4 Å². The Hall–Kier alpha value is -6.28. The lowest BCUT2D eigenvalue weighted by Crippen LogP contribution is -2.51. The summed E-state index contributed by atoms with van der Waals surface area (Å²) in [5, 5.41) is 37.9. The molecule has 14 nitrogen and oxygen atoms in total. The number of ether oxygens (including phenoxy) is 1. The van der Waals surface area contributed by atoms with Crippen molar-refractivity contribution in [2.45, 2.75) is 18.3 Å².